The fourth-order valence-electron chi connectivity index (χ4n) is 2.43. The Morgan fingerprint density at radius 3 is 2.47 bits per heavy atom. The van der Waals surface area contributed by atoms with E-state index in [1.165, 1.54) is 11.1 Å². The molecule has 3 unspecified atom stereocenters. The smallest absolute Gasteiger partial charge is 0.133 e. The summed E-state index contributed by atoms with van der Waals surface area (Å²) < 4.78 is 0. The second kappa shape index (κ2) is 4.78. The molecular formula is C14H22O. The molecule has 1 aliphatic carbocycles. The van der Waals surface area contributed by atoms with E-state index in [2.05, 4.69) is 39.8 Å². The number of allylic oxidation sites excluding steroid dienone is 4. The van der Waals surface area contributed by atoms with Crippen LogP contribution in [0.1, 0.15) is 41.0 Å². The van der Waals surface area contributed by atoms with Crippen molar-refractivity contribution in [3.05, 3.63) is 23.3 Å². The van der Waals surface area contributed by atoms with Gasteiger partial charge in [0.25, 0.3) is 0 Å². The van der Waals surface area contributed by atoms with Crippen molar-refractivity contribution in [2.75, 3.05) is 0 Å². The van der Waals surface area contributed by atoms with Crippen molar-refractivity contribution in [3.8, 4) is 0 Å². The van der Waals surface area contributed by atoms with Crippen molar-refractivity contribution in [1.29, 1.82) is 0 Å². The maximum atomic E-state index is 11.5. The van der Waals surface area contributed by atoms with Crippen molar-refractivity contribution in [1.82, 2.24) is 0 Å². The molecule has 0 saturated carbocycles. The van der Waals surface area contributed by atoms with Gasteiger partial charge in [0.15, 0.2) is 0 Å². The summed E-state index contributed by atoms with van der Waals surface area (Å²) in [5.41, 5.74) is 2.70. The molecule has 0 amide bonds. The molecule has 0 heterocycles. The Bertz CT molecular complexity index is 305. The quantitative estimate of drug-likeness (QED) is 0.629. The zero-order valence-corrected chi connectivity index (χ0v) is 10.5. The molecular weight excluding hydrogens is 184 g/mol. The fraction of sp³-hybridized carbons (Fsp3) is 0.643. The highest BCUT2D eigenvalue weighted by Crippen LogP contribution is 2.34. The molecule has 0 bridgehead atoms. The lowest BCUT2D eigenvalue weighted by atomic mass is 9.73. The van der Waals surface area contributed by atoms with Gasteiger partial charge in [-0.05, 0) is 46.0 Å². The molecule has 0 N–H and O–H groups in total. The normalized spacial score (nSPS) is 30.7. The van der Waals surface area contributed by atoms with Gasteiger partial charge in [-0.1, -0.05) is 30.2 Å². The Hall–Kier alpha value is -0.850. The minimum absolute atomic E-state index is 0.218. The van der Waals surface area contributed by atoms with Gasteiger partial charge in [0.2, 0.25) is 0 Å². The Morgan fingerprint density at radius 2 is 2.00 bits per heavy atom. The van der Waals surface area contributed by atoms with E-state index >= 15 is 0 Å². The Morgan fingerprint density at radius 1 is 1.40 bits per heavy atom. The second-order valence-electron chi connectivity index (χ2n) is 5.06. The van der Waals surface area contributed by atoms with Crippen LogP contribution in [0.15, 0.2) is 23.3 Å². The highest BCUT2D eigenvalue weighted by atomic mass is 16.1. The number of rotatable bonds is 2. The summed E-state index contributed by atoms with van der Waals surface area (Å²) in [6.07, 6.45) is 5.57. The van der Waals surface area contributed by atoms with Crippen LogP contribution < -0.4 is 0 Å². The van der Waals surface area contributed by atoms with E-state index in [0.29, 0.717) is 17.6 Å². The van der Waals surface area contributed by atoms with Crippen LogP contribution in [-0.4, -0.2) is 5.78 Å². The van der Waals surface area contributed by atoms with Crippen LogP contribution in [0.3, 0.4) is 0 Å². The SMILES string of the molecule is CC(=O)C1CC(C=C(C)C)C=C(C)C1C. The summed E-state index contributed by atoms with van der Waals surface area (Å²) in [6.45, 7) is 10.3. The average molecular weight is 206 g/mol. The van der Waals surface area contributed by atoms with Crippen molar-refractivity contribution in [2.45, 2.75) is 41.0 Å². The molecule has 0 spiro atoms. The zero-order valence-electron chi connectivity index (χ0n) is 10.5. The van der Waals surface area contributed by atoms with Gasteiger partial charge in [0, 0.05) is 5.92 Å². The summed E-state index contributed by atoms with van der Waals surface area (Å²) in [5, 5.41) is 0. The predicted molar refractivity (Wildman–Crippen MR) is 64.6 cm³/mol. The molecule has 15 heavy (non-hydrogen) atoms. The molecule has 0 saturated heterocycles. The van der Waals surface area contributed by atoms with Gasteiger partial charge in [-0.3, -0.25) is 4.79 Å². The topological polar surface area (TPSA) is 17.1 Å². The molecule has 0 aromatic rings. The van der Waals surface area contributed by atoms with Gasteiger partial charge < -0.3 is 0 Å². The van der Waals surface area contributed by atoms with Crippen LogP contribution in [0.25, 0.3) is 0 Å². The average Bonchev–Trinajstić information content (AvgIpc) is 2.09. The van der Waals surface area contributed by atoms with Gasteiger partial charge in [-0.25, -0.2) is 0 Å². The summed E-state index contributed by atoms with van der Waals surface area (Å²) in [6, 6.07) is 0. The van der Waals surface area contributed by atoms with Gasteiger partial charge in [0.1, 0.15) is 5.78 Å². The summed E-state index contributed by atoms with van der Waals surface area (Å²) in [5.74, 6) is 1.43. The number of Topliss-reactive ketones (excluding diaryl/α,β-unsaturated/α-hetero) is 1. The molecule has 1 aliphatic rings. The van der Waals surface area contributed by atoms with E-state index < -0.39 is 0 Å². The molecule has 84 valence electrons. The van der Waals surface area contributed by atoms with Crippen molar-refractivity contribution >= 4 is 5.78 Å². The number of hydrogen-bond donors (Lipinski definition) is 0. The van der Waals surface area contributed by atoms with Crippen LogP contribution in [0.5, 0.6) is 0 Å². The van der Waals surface area contributed by atoms with Gasteiger partial charge in [-0.2, -0.15) is 0 Å². The van der Waals surface area contributed by atoms with Gasteiger partial charge in [-0.15, -0.1) is 0 Å². The molecule has 3 atom stereocenters. The molecule has 0 fully saturated rings. The molecule has 1 rings (SSSR count). The van der Waals surface area contributed by atoms with E-state index in [-0.39, 0.29) is 5.92 Å². The molecule has 0 aromatic carbocycles. The van der Waals surface area contributed by atoms with E-state index in [9.17, 15) is 4.79 Å². The minimum atomic E-state index is 0.218. The second-order valence-corrected chi connectivity index (χ2v) is 5.06. The largest absolute Gasteiger partial charge is 0.300 e. The third-order valence-corrected chi connectivity index (χ3v) is 3.39. The maximum Gasteiger partial charge on any atom is 0.133 e. The molecule has 0 aliphatic heterocycles. The predicted octanol–water partition coefficient (Wildman–Crippen LogP) is 3.76. The van der Waals surface area contributed by atoms with Crippen LogP contribution >= 0.6 is 0 Å². The third-order valence-electron chi connectivity index (χ3n) is 3.39. The van der Waals surface area contributed by atoms with Crippen LogP contribution in [0.2, 0.25) is 0 Å². The van der Waals surface area contributed by atoms with Crippen molar-refractivity contribution < 1.29 is 4.79 Å². The first kappa shape index (κ1) is 12.2. The number of ketones is 1. The van der Waals surface area contributed by atoms with E-state index in [0.717, 1.165) is 6.42 Å². The van der Waals surface area contributed by atoms with Crippen LogP contribution in [-0.2, 0) is 4.79 Å². The highest BCUT2D eigenvalue weighted by molar-refractivity contribution is 5.79. The summed E-state index contributed by atoms with van der Waals surface area (Å²) >= 11 is 0. The Kier molecular flexibility index (Phi) is 3.90. The molecule has 0 aromatic heterocycles. The Labute approximate surface area is 93.3 Å². The molecule has 1 nitrogen and oxygen atoms in total. The lowest BCUT2D eigenvalue weighted by Crippen LogP contribution is -2.26. The lowest BCUT2D eigenvalue weighted by Gasteiger charge is -2.30. The van der Waals surface area contributed by atoms with Crippen molar-refractivity contribution in [2.24, 2.45) is 17.8 Å². The first-order valence-electron chi connectivity index (χ1n) is 5.75. The first-order valence-corrected chi connectivity index (χ1v) is 5.75. The highest BCUT2D eigenvalue weighted by Gasteiger charge is 2.29. The Balaban J connectivity index is 2.90. The lowest BCUT2D eigenvalue weighted by molar-refractivity contribution is -0.122. The van der Waals surface area contributed by atoms with Gasteiger partial charge in [0.05, 0.1) is 0 Å². The monoisotopic (exact) mass is 206 g/mol. The maximum absolute atomic E-state index is 11.5. The van der Waals surface area contributed by atoms with Crippen LogP contribution in [0.4, 0.5) is 0 Å². The van der Waals surface area contributed by atoms with Crippen LogP contribution in [0, 0.1) is 17.8 Å². The number of hydrogen-bond acceptors (Lipinski definition) is 1. The minimum Gasteiger partial charge on any atom is -0.300 e. The summed E-state index contributed by atoms with van der Waals surface area (Å²) in [7, 11) is 0. The molecule has 1 heteroatoms. The van der Waals surface area contributed by atoms with E-state index in [1.807, 2.05) is 0 Å². The van der Waals surface area contributed by atoms with Gasteiger partial charge >= 0.3 is 0 Å². The standard InChI is InChI=1S/C14H22O/c1-9(2)6-13-7-10(3)11(4)14(8-13)12(5)15/h6-7,11,13-14H,8H2,1-5H3. The van der Waals surface area contributed by atoms with Crippen molar-refractivity contribution in [3.63, 3.8) is 0 Å². The first-order chi connectivity index (χ1) is 6.91. The zero-order chi connectivity index (χ0) is 11.6. The molecule has 0 radical (unpaired) electrons. The fourth-order valence-corrected chi connectivity index (χ4v) is 2.43. The van der Waals surface area contributed by atoms with E-state index in [4.69, 9.17) is 0 Å². The summed E-state index contributed by atoms with van der Waals surface area (Å²) in [4.78, 5) is 11.5. The number of carbonyl (C=O) groups excluding carboxylic acids is 1. The van der Waals surface area contributed by atoms with E-state index in [1.54, 1.807) is 6.92 Å². The third kappa shape index (κ3) is 3.05. The number of carbonyl (C=O) groups is 1.